The lowest BCUT2D eigenvalue weighted by atomic mass is 10.0. The Morgan fingerprint density at radius 1 is 1.50 bits per heavy atom. The molecule has 6 nitrogen and oxygen atoms in total. The Balaban J connectivity index is 0.00000361. The summed E-state index contributed by atoms with van der Waals surface area (Å²) < 4.78 is 41.3. The maximum Gasteiger partial charge on any atom is 0.390 e. The first-order valence-corrected chi connectivity index (χ1v) is 5.03. The summed E-state index contributed by atoms with van der Waals surface area (Å²) in [6.45, 7) is 0. The molecule has 0 spiro atoms. The fraction of sp³-hybridized carbons (Fsp3) is 0.400. The molecule has 0 aliphatic heterocycles. The topological polar surface area (TPSA) is 98.6 Å². The van der Waals surface area contributed by atoms with Crippen LogP contribution in [0.1, 0.15) is 18.0 Å². The highest BCUT2D eigenvalue weighted by molar-refractivity contribution is 5.85. The van der Waals surface area contributed by atoms with Crippen molar-refractivity contribution in [1.82, 2.24) is 0 Å². The lowest BCUT2D eigenvalue weighted by molar-refractivity contribution is -0.386. The predicted molar refractivity (Wildman–Crippen MR) is 66.2 cm³/mol. The number of nitro benzene ring substituents is 1. The molecular formula is C10H12ClF3N2O4. The average molecular weight is 317 g/mol. The molecule has 1 aromatic carbocycles. The second-order valence-corrected chi connectivity index (χ2v) is 3.77. The molecule has 0 unspecified atom stereocenters. The molecule has 0 amide bonds. The number of aromatic hydroxyl groups is 1. The minimum atomic E-state index is -4.50. The van der Waals surface area contributed by atoms with Gasteiger partial charge in [0.2, 0.25) is 5.75 Å². The zero-order valence-corrected chi connectivity index (χ0v) is 11.0. The van der Waals surface area contributed by atoms with Crippen LogP contribution in [0.3, 0.4) is 0 Å². The first kappa shape index (κ1) is 18.3. The van der Waals surface area contributed by atoms with Gasteiger partial charge in [0.05, 0.1) is 18.5 Å². The van der Waals surface area contributed by atoms with Crippen LogP contribution in [0.15, 0.2) is 12.1 Å². The first-order valence-electron chi connectivity index (χ1n) is 5.03. The van der Waals surface area contributed by atoms with Crippen molar-refractivity contribution in [3.8, 4) is 11.5 Å². The zero-order chi connectivity index (χ0) is 14.8. The number of nitrogens with zero attached hydrogens (tertiary/aromatic N) is 1. The quantitative estimate of drug-likeness (QED) is 0.657. The van der Waals surface area contributed by atoms with Gasteiger partial charge in [-0.2, -0.15) is 13.2 Å². The number of alkyl halides is 3. The van der Waals surface area contributed by atoms with Crippen LogP contribution < -0.4 is 10.5 Å². The van der Waals surface area contributed by atoms with E-state index in [0.29, 0.717) is 0 Å². The van der Waals surface area contributed by atoms with E-state index >= 15 is 0 Å². The molecule has 0 saturated carbocycles. The Labute approximate surface area is 117 Å². The Hall–Kier alpha value is -1.74. The lowest BCUT2D eigenvalue weighted by Gasteiger charge is -2.15. The Kier molecular flexibility index (Phi) is 6.04. The maximum atomic E-state index is 12.2. The number of halogens is 4. The zero-order valence-electron chi connectivity index (χ0n) is 10.2. The summed E-state index contributed by atoms with van der Waals surface area (Å²) in [6.07, 6.45) is -5.84. The molecule has 0 radical (unpaired) electrons. The molecule has 0 fully saturated rings. The molecule has 1 atom stereocenters. The number of nitrogens with two attached hydrogens (primary N) is 1. The number of nitro groups is 1. The molecule has 0 bridgehead atoms. The van der Waals surface area contributed by atoms with Gasteiger partial charge in [0.15, 0.2) is 5.75 Å². The normalized spacial score (nSPS) is 12.4. The van der Waals surface area contributed by atoms with Crippen LogP contribution in [0, 0.1) is 10.1 Å². The smallest absolute Gasteiger partial charge is 0.390 e. The van der Waals surface area contributed by atoms with Crippen LogP contribution in [0.5, 0.6) is 11.5 Å². The minimum absolute atomic E-state index is 0. The molecule has 0 saturated heterocycles. The minimum Gasteiger partial charge on any atom is -0.500 e. The number of phenols is 1. The second kappa shape index (κ2) is 6.62. The van der Waals surface area contributed by atoms with Crippen molar-refractivity contribution < 1.29 is 27.9 Å². The van der Waals surface area contributed by atoms with Crippen LogP contribution in [0.25, 0.3) is 0 Å². The Morgan fingerprint density at radius 3 is 2.45 bits per heavy atom. The molecule has 1 aromatic rings. The summed E-state index contributed by atoms with van der Waals surface area (Å²) in [7, 11) is 1.12. The number of benzene rings is 1. The Bertz CT molecular complexity index is 496. The van der Waals surface area contributed by atoms with Gasteiger partial charge in [0, 0.05) is 12.1 Å². The lowest BCUT2D eigenvalue weighted by Crippen LogP contribution is -2.20. The van der Waals surface area contributed by atoms with Crippen LogP contribution in [0.2, 0.25) is 0 Å². The van der Waals surface area contributed by atoms with Crippen molar-refractivity contribution >= 4 is 18.1 Å². The van der Waals surface area contributed by atoms with Gasteiger partial charge in [-0.25, -0.2) is 0 Å². The summed E-state index contributed by atoms with van der Waals surface area (Å²) in [5.74, 6) is -1.06. The van der Waals surface area contributed by atoms with Gasteiger partial charge in [-0.15, -0.1) is 12.4 Å². The molecule has 0 heterocycles. The van der Waals surface area contributed by atoms with Gasteiger partial charge in [0.25, 0.3) is 0 Å². The van der Waals surface area contributed by atoms with Crippen LogP contribution in [-0.2, 0) is 0 Å². The predicted octanol–water partition coefficient (Wildman–Crippen LogP) is 2.68. The van der Waals surface area contributed by atoms with Crippen LogP contribution >= 0.6 is 12.4 Å². The standard InChI is InChI=1S/C10H11F3N2O4.ClH/c1-19-8-3-5(6(14)4-10(11,12)13)2-7(9(8)16)15(17)18;/h2-3,6,16H,4,14H2,1H3;1H/t6-;/m1./s1. The van der Waals surface area contributed by atoms with E-state index in [-0.39, 0.29) is 23.7 Å². The van der Waals surface area contributed by atoms with E-state index in [4.69, 9.17) is 5.73 Å². The van der Waals surface area contributed by atoms with Gasteiger partial charge < -0.3 is 15.6 Å². The largest absolute Gasteiger partial charge is 0.500 e. The SMILES string of the molecule is COc1cc([C@H](N)CC(F)(F)F)cc([N+](=O)[O-])c1O.Cl. The molecule has 0 aliphatic rings. The third-order valence-corrected chi connectivity index (χ3v) is 2.37. The van der Waals surface area contributed by atoms with Crippen LogP contribution in [0.4, 0.5) is 18.9 Å². The van der Waals surface area contributed by atoms with E-state index in [1.54, 1.807) is 0 Å². The highest BCUT2D eigenvalue weighted by Gasteiger charge is 2.32. The van der Waals surface area contributed by atoms with Crippen molar-refractivity contribution in [2.45, 2.75) is 18.6 Å². The van der Waals surface area contributed by atoms with Crippen molar-refractivity contribution in [3.05, 3.63) is 27.8 Å². The van der Waals surface area contributed by atoms with E-state index in [1.165, 1.54) is 0 Å². The summed E-state index contributed by atoms with van der Waals surface area (Å²) >= 11 is 0. The first-order chi connectivity index (χ1) is 8.65. The summed E-state index contributed by atoms with van der Waals surface area (Å²) in [5, 5.41) is 20.1. The van der Waals surface area contributed by atoms with E-state index in [1.807, 2.05) is 0 Å². The summed E-state index contributed by atoms with van der Waals surface area (Å²) in [4.78, 5) is 9.75. The number of phenolic OH excluding ortho intramolecular Hbond substituents is 1. The maximum absolute atomic E-state index is 12.2. The fourth-order valence-corrected chi connectivity index (χ4v) is 1.49. The number of hydrogen-bond acceptors (Lipinski definition) is 5. The average Bonchev–Trinajstić information content (AvgIpc) is 2.26. The molecule has 3 N–H and O–H groups in total. The van der Waals surface area contributed by atoms with E-state index in [0.717, 1.165) is 19.2 Å². The molecule has 10 heteroatoms. The van der Waals surface area contributed by atoms with E-state index in [9.17, 15) is 28.4 Å². The van der Waals surface area contributed by atoms with E-state index in [2.05, 4.69) is 4.74 Å². The van der Waals surface area contributed by atoms with Crippen molar-refractivity contribution in [1.29, 1.82) is 0 Å². The molecule has 0 aliphatic carbocycles. The Morgan fingerprint density at radius 2 is 2.05 bits per heavy atom. The summed E-state index contributed by atoms with van der Waals surface area (Å²) in [6, 6.07) is 0.362. The summed E-state index contributed by atoms with van der Waals surface area (Å²) in [5.41, 5.74) is 4.45. The monoisotopic (exact) mass is 316 g/mol. The number of ether oxygens (including phenoxy) is 1. The fourth-order valence-electron chi connectivity index (χ4n) is 1.49. The van der Waals surface area contributed by atoms with Crippen molar-refractivity contribution in [2.24, 2.45) is 5.73 Å². The third kappa shape index (κ3) is 4.42. The van der Waals surface area contributed by atoms with Gasteiger partial charge in [-0.05, 0) is 11.6 Å². The highest BCUT2D eigenvalue weighted by Crippen LogP contribution is 2.39. The third-order valence-electron chi connectivity index (χ3n) is 2.37. The van der Waals surface area contributed by atoms with E-state index < -0.39 is 35.0 Å². The van der Waals surface area contributed by atoms with Crippen LogP contribution in [-0.4, -0.2) is 23.3 Å². The van der Waals surface area contributed by atoms with Gasteiger partial charge >= 0.3 is 11.9 Å². The molecule has 20 heavy (non-hydrogen) atoms. The highest BCUT2D eigenvalue weighted by atomic mass is 35.5. The molecule has 114 valence electrons. The number of methoxy groups -OCH3 is 1. The van der Waals surface area contributed by atoms with Crippen molar-refractivity contribution in [3.63, 3.8) is 0 Å². The van der Waals surface area contributed by atoms with Gasteiger partial charge in [-0.1, -0.05) is 0 Å². The molecule has 1 rings (SSSR count). The molecular weight excluding hydrogens is 305 g/mol. The van der Waals surface area contributed by atoms with Gasteiger partial charge in [0.1, 0.15) is 0 Å². The van der Waals surface area contributed by atoms with Crippen molar-refractivity contribution in [2.75, 3.05) is 7.11 Å². The number of rotatable bonds is 4. The number of hydrogen-bond donors (Lipinski definition) is 2. The molecule has 0 aromatic heterocycles. The van der Waals surface area contributed by atoms with Gasteiger partial charge in [-0.3, -0.25) is 10.1 Å². The second-order valence-electron chi connectivity index (χ2n) is 3.77.